The van der Waals surface area contributed by atoms with Crippen molar-refractivity contribution in [2.45, 2.75) is 25.2 Å². The van der Waals surface area contributed by atoms with E-state index in [2.05, 4.69) is 17.0 Å². The summed E-state index contributed by atoms with van der Waals surface area (Å²) in [6.07, 6.45) is 2.93. The monoisotopic (exact) mass is 274 g/mol. The molecule has 0 spiro atoms. The van der Waals surface area contributed by atoms with E-state index in [0.717, 1.165) is 44.9 Å². The number of methoxy groups -OCH3 is 1. The number of nitrogens with zero attached hydrogens (tertiary/aromatic N) is 2. The first kappa shape index (κ1) is 13.4. The Balaban J connectivity index is 1.57. The Morgan fingerprint density at radius 2 is 2.05 bits per heavy atom. The van der Waals surface area contributed by atoms with E-state index in [1.165, 1.54) is 12.0 Å². The van der Waals surface area contributed by atoms with E-state index in [0.29, 0.717) is 11.8 Å². The second-order valence-electron chi connectivity index (χ2n) is 5.74. The van der Waals surface area contributed by atoms with Crippen molar-refractivity contribution in [3.05, 3.63) is 29.8 Å². The van der Waals surface area contributed by atoms with E-state index in [1.54, 1.807) is 7.11 Å². The third-order valence-corrected chi connectivity index (χ3v) is 4.40. The van der Waals surface area contributed by atoms with Gasteiger partial charge in [-0.3, -0.25) is 9.69 Å². The first-order chi connectivity index (χ1) is 9.76. The molecule has 1 unspecified atom stereocenters. The molecule has 2 heterocycles. The van der Waals surface area contributed by atoms with E-state index >= 15 is 0 Å². The number of likely N-dealkylation sites (tertiary alicyclic amines) is 2. The molecule has 4 heteroatoms. The lowest BCUT2D eigenvalue weighted by atomic mass is 9.98. The maximum atomic E-state index is 11.7. The van der Waals surface area contributed by atoms with Crippen LogP contribution in [0.1, 0.15) is 30.7 Å². The zero-order valence-corrected chi connectivity index (χ0v) is 12.0. The zero-order valence-electron chi connectivity index (χ0n) is 12.0. The molecule has 2 aliphatic rings. The Morgan fingerprint density at radius 1 is 1.25 bits per heavy atom. The van der Waals surface area contributed by atoms with Gasteiger partial charge in [-0.2, -0.15) is 0 Å². The van der Waals surface area contributed by atoms with Gasteiger partial charge in [0.25, 0.3) is 0 Å². The fourth-order valence-corrected chi connectivity index (χ4v) is 3.20. The number of carbonyl (C=O) groups excluding carboxylic acids is 1. The lowest BCUT2D eigenvalue weighted by molar-refractivity contribution is -0.129. The zero-order chi connectivity index (χ0) is 13.9. The number of amides is 1. The van der Waals surface area contributed by atoms with Gasteiger partial charge in [-0.15, -0.1) is 0 Å². The van der Waals surface area contributed by atoms with E-state index in [9.17, 15) is 4.79 Å². The molecule has 1 aromatic rings. The van der Waals surface area contributed by atoms with Crippen molar-refractivity contribution in [2.75, 3.05) is 33.4 Å². The Labute approximate surface area is 120 Å². The molecule has 0 N–H and O–H groups in total. The van der Waals surface area contributed by atoms with Gasteiger partial charge in [-0.1, -0.05) is 12.1 Å². The van der Waals surface area contributed by atoms with Gasteiger partial charge in [0.05, 0.1) is 13.8 Å². The summed E-state index contributed by atoms with van der Waals surface area (Å²) in [6.45, 7) is 3.88. The van der Waals surface area contributed by atoms with Gasteiger partial charge in [0.15, 0.2) is 0 Å². The molecule has 2 fully saturated rings. The van der Waals surface area contributed by atoms with Crippen LogP contribution in [0.5, 0.6) is 5.75 Å². The van der Waals surface area contributed by atoms with Crippen molar-refractivity contribution in [1.29, 1.82) is 0 Å². The van der Waals surface area contributed by atoms with Crippen LogP contribution in [-0.4, -0.2) is 49.1 Å². The lowest BCUT2D eigenvalue weighted by Crippen LogP contribution is -2.37. The van der Waals surface area contributed by atoms with Crippen molar-refractivity contribution >= 4 is 5.91 Å². The number of carbonyl (C=O) groups is 1. The average molecular weight is 274 g/mol. The van der Waals surface area contributed by atoms with E-state index < -0.39 is 0 Å². The highest BCUT2D eigenvalue weighted by Gasteiger charge is 2.28. The van der Waals surface area contributed by atoms with Crippen LogP contribution in [-0.2, 0) is 4.79 Å². The molecule has 2 aliphatic heterocycles. The number of benzene rings is 1. The minimum absolute atomic E-state index is 0.317. The number of rotatable bonds is 4. The second kappa shape index (κ2) is 5.83. The molecule has 0 bridgehead atoms. The molecule has 0 aliphatic carbocycles. The van der Waals surface area contributed by atoms with E-state index in [-0.39, 0.29) is 0 Å². The van der Waals surface area contributed by atoms with Crippen LogP contribution in [0, 0.1) is 0 Å². The highest BCUT2D eigenvalue weighted by Crippen LogP contribution is 2.28. The summed E-state index contributed by atoms with van der Waals surface area (Å²) < 4.78 is 5.20. The van der Waals surface area contributed by atoms with Crippen LogP contribution in [0.2, 0.25) is 0 Å². The van der Waals surface area contributed by atoms with Crippen LogP contribution in [0.25, 0.3) is 0 Å². The topological polar surface area (TPSA) is 32.8 Å². The molecule has 0 radical (unpaired) electrons. The fraction of sp³-hybridized carbons (Fsp3) is 0.562. The van der Waals surface area contributed by atoms with E-state index in [1.807, 2.05) is 17.0 Å². The highest BCUT2D eigenvalue weighted by molar-refractivity contribution is 5.77. The standard InChI is InChI=1S/C16H22N2O2/c1-20-15-6-4-13(5-7-15)14-8-10-17(11-14)12-18-9-2-3-16(18)19/h4-7,14H,2-3,8-12H2,1H3. The van der Waals surface area contributed by atoms with Crippen molar-refractivity contribution in [2.24, 2.45) is 0 Å². The van der Waals surface area contributed by atoms with Gasteiger partial charge in [-0.05, 0) is 36.5 Å². The Bertz CT molecular complexity index is 472. The van der Waals surface area contributed by atoms with Crippen molar-refractivity contribution in [1.82, 2.24) is 9.80 Å². The van der Waals surface area contributed by atoms with Gasteiger partial charge in [0.1, 0.15) is 5.75 Å². The molecule has 1 atom stereocenters. The molecular formula is C16H22N2O2. The molecule has 2 saturated heterocycles. The SMILES string of the molecule is COc1ccc(C2CCN(CN3CCCC3=O)C2)cc1. The minimum Gasteiger partial charge on any atom is -0.497 e. The van der Waals surface area contributed by atoms with E-state index in [4.69, 9.17) is 4.74 Å². The first-order valence-corrected chi connectivity index (χ1v) is 7.40. The van der Waals surface area contributed by atoms with Crippen LogP contribution in [0.3, 0.4) is 0 Å². The van der Waals surface area contributed by atoms with Gasteiger partial charge < -0.3 is 9.64 Å². The predicted octanol–water partition coefficient (Wildman–Crippen LogP) is 2.06. The summed E-state index contributed by atoms with van der Waals surface area (Å²) in [5.74, 6) is 1.81. The third kappa shape index (κ3) is 2.80. The van der Waals surface area contributed by atoms with Crippen LogP contribution < -0.4 is 4.74 Å². The lowest BCUT2D eigenvalue weighted by Gasteiger charge is -2.23. The normalized spacial score (nSPS) is 23.6. The highest BCUT2D eigenvalue weighted by atomic mass is 16.5. The number of ether oxygens (including phenoxy) is 1. The van der Waals surface area contributed by atoms with Crippen LogP contribution in [0.4, 0.5) is 0 Å². The maximum Gasteiger partial charge on any atom is 0.223 e. The largest absolute Gasteiger partial charge is 0.497 e. The van der Waals surface area contributed by atoms with Gasteiger partial charge in [-0.25, -0.2) is 0 Å². The number of hydrogen-bond acceptors (Lipinski definition) is 3. The van der Waals surface area contributed by atoms with Crippen LogP contribution in [0.15, 0.2) is 24.3 Å². The summed E-state index contributed by atoms with van der Waals surface area (Å²) in [5, 5.41) is 0. The van der Waals surface area contributed by atoms with Crippen molar-refractivity contribution < 1.29 is 9.53 Å². The Morgan fingerprint density at radius 3 is 2.70 bits per heavy atom. The molecule has 108 valence electrons. The second-order valence-corrected chi connectivity index (χ2v) is 5.74. The predicted molar refractivity (Wildman–Crippen MR) is 77.7 cm³/mol. The summed E-state index contributed by atoms with van der Waals surface area (Å²) in [4.78, 5) is 16.1. The molecule has 1 amide bonds. The van der Waals surface area contributed by atoms with Gasteiger partial charge >= 0.3 is 0 Å². The summed E-state index contributed by atoms with van der Waals surface area (Å²) in [5.41, 5.74) is 1.38. The molecule has 1 aromatic carbocycles. The first-order valence-electron chi connectivity index (χ1n) is 7.40. The summed E-state index contributed by atoms with van der Waals surface area (Å²) >= 11 is 0. The quantitative estimate of drug-likeness (QED) is 0.842. The molecule has 0 saturated carbocycles. The summed E-state index contributed by atoms with van der Waals surface area (Å²) in [7, 11) is 1.69. The van der Waals surface area contributed by atoms with Crippen molar-refractivity contribution in [3.8, 4) is 5.75 Å². The Hall–Kier alpha value is -1.55. The smallest absolute Gasteiger partial charge is 0.223 e. The summed E-state index contributed by atoms with van der Waals surface area (Å²) in [6, 6.07) is 8.38. The van der Waals surface area contributed by atoms with Gasteiger partial charge in [0, 0.05) is 26.1 Å². The molecule has 3 rings (SSSR count). The maximum absolute atomic E-state index is 11.7. The minimum atomic E-state index is 0.317. The average Bonchev–Trinajstić information content (AvgIpc) is 3.10. The van der Waals surface area contributed by atoms with Crippen LogP contribution >= 0.6 is 0 Å². The van der Waals surface area contributed by atoms with Crippen molar-refractivity contribution in [3.63, 3.8) is 0 Å². The molecule has 0 aromatic heterocycles. The Kier molecular flexibility index (Phi) is 3.92. The molecule has 20 heavy (non-hydrogen) atoms. The third-order valence-electron chi connectivity index (χ3n) is 4.40. The number of hydrogen-bond donors (Lipinski definition) is 0. The fourth-order valence-electron chi connectivity index (χ4n) is 3.20. The van der Waals surface area contributed by atoms with Gasteiger partial charge in [0.2, 0.25) is 5.91 Å². The molecular weight excluding hydrogens is 252 g/mol. The molecule has 4 nitrogen and oxygen atoms in total.